The first kappa shape index (κ1) is 18.4. The predicted octanol–water partition coefficient (Wildman–Crippen LogP) is 5.09. The summed E-state index contributed by atoms with van der Waals surface area (Å²) in [4.78, 5) is 11.3. The van der Waals surface area contributed by atoms with Crippen LogP contribution in [0.5, 0.6) is 23.1 Å². The summed E-state index contributed by atoms with van der Waals surface area (Å²) in [7, 11) is 1.44. The highest BCUT2D eigenvalue weighted by atomic mass is 19.1. The molecular formula is C20H20FN3O3. The Morgan fingerprint density at radius 1 is 1.04 bits per heavy atom. The number of nitrogens with one attached hydrogen (secondary N) is 1. The maximum atomic E-state index is 14.7. The molecule has 2 aromatic carbocycles. The summed E-state index contributed by atoms with van der Waals surface area (Å²) in [6.45, 7) is 5.86. The van der Waals surface area contributed by atoms with E-state index < -0.39 is 5.82 Å². The Hall–Kier alpha value is -3.35. The average Bonchev–Trinajstić information content (AvgIpc) is 3.06. The van der Waals surface area contributed by atoms with Crippen molar-refractivity contribution >= 4 is 21.8 Å². The Balaban J connectivity index is 0.00000102. The van der Waals surface area contributed by atoms with Crippen LogP contribution in [0.25, 0.3) is 21.8 Å². The molecule has 2 aromatic heterocycles. The van der Waals surface area contributed by atoms with Gasteiger partial charge in [-0.25, -0.2) is 14.4 Å². The molecule has 0 fully saturated rings. The fourth-order valence-electron chi connectivity index (χ4n) is 2.76. The number of aromatic hydroxyl groups is 1. The largest absolute Gasteiger partial charge is 0.504 e. The van der Waals surface area contributed by atoms with Gasteiger partial charge in [0.1, 0.15) is 6.33 Å². The molecule has 27 heavy (non-hydrogen) atoms. The number of benzene rings is 2. The SMILES string of the molecule is CC.COc1cc2c(Oc3ccc4[nH]c(C)cc4c3F)ncnc2cc1O. The zero-order valence-electron chi connectivity index (χ0n) is 15.5. The third-order valence-corrected chi connectivity index (χ3v) is 3.94. The molecule has 4 rings (SSSR count). The monoisotopic (exact) mass is 369 g/mol. The number of hydrogen-bond donors (Lipinski definition) is 2. The molecule has 140 valence electrons. The molecule has 0 aliphatic carbocycles. The Morgan fingerprint density at radius 2 is 1.81 bits per heavy atom. The number of nitrogens with zero attached hydrogens (tertiary/aromatic N) is 2. The highest BCUT2D eigenvalue weighted by molar-refractivity contribution is 5.87. The van der Waals surface area contributed by atoms with E-state index in [-0.39, 0.29) is 23.1 Å². The van der Waals surface area contributed by atoms with Crippen molar-refractivity contribution in [3.8, 4) is 23.1 Å². The van der Waals surface area contributed by atoms with Crippen LogP contribution >= 0.6 is 0 Å². The molecule has 0 aliphatic heterocycles. The number of H-pyrrole nitrogens is 1. The second-order valence-electron chi connectivity index (χ2n) is 5.61. The van der Waals surface area contributed by atoms with Gasteiger partial charge in [-0.05, 0) is 31.2 Å². The third-order valence-electron chi connectivity index (χ3n) is 3.94. The van der Waals surface area contributed by atoms with Crippen LogP contribution in [-0.2, 0) is 0 Å². The van der Waals surface area contributed by atoms with Gasteiger partial charge in [-0.3, -0.25) is 0 Å². The van der Waals surface area contributed by atoms with Crippen molar-refractivity contribution in [2.45, 2.75) is 20.8 Å². The zero-order chi connectivity index (χ0) is 19.6. The minimum atomic E-state index is -0.473. The van der Waals surface area contributed by atoms with E-state index in [4.69, 9.17) is 9.47 Å². The first-order valence-corrected chi connectivity index (χ1v) is 8.54. The number of fused-ring (bicyclic) bond motifs is 2. The van der Waals surface area contributed by atoms with Crippen LogP contribution in [0.1, 0.15) is 19.5 Å². The summed E-state index contributed by atoms with van der Waals surface area (Å²) in [6.07, 6.45) is 1.29. The van der Waals surface area contributed by atoms with Crippen LogP contribution < -0.4 is 9.47 Å². The summed E-state index contributed by atoms with van der Waals surface area (Å²) in [5.41, 5.74) is 2.02. The van der Waals surface area contributed by atoms with Crippen molar-refractivity contribution < 1.29 is 19.0 Å². The van der Waals surface area contributed by atoms with E-state index in [1.54, 1.807) is 24.3 Å². The van der Waals surface area contributed by atoms with E-state index in [9.17, 15) is 9.50 Å². The number of aromatic nitrogens is 3. The van der Waals surface area contributed by atoms with Crippen LogP contribution in [0.3, 0.4) is 0 Å². The summed E-state index contributed by atoms with van der Waals surface area (Å²) < 4.78 is 25.5. The smallest absolute Gasteiger partial charge is 0.230 e. The molecule has 2 heterocycles. The van der Waals surface area contributed by atoms with Gasteiger partial charge < -0.3 is 19.6 Å². The standard InChI is InChI=1S/C18H14FN3O3.C2H6/c1-9-5-10-12(22-9)3-4-15(17(10)19)25-18-11-6-16(24-2)14(23)7-13(11)20-8-21-18;1-2/h3-8,22-23H,1-2H3;1-2H3. The number of aromatic amines is 1. The second kappa shape index (κ2) is 7.49. The first-order chi connectivity index (χ1) is 13.1. The van der Waals surface area contributed by atoms with Gasteiger partial charge in [-0.1, -0.05) is 13.8 Å². The van der Waals surface area contributed by atoms with Gasteiger partial charge in [-0.15, -0.1) is 0 Å². The third kappa shape index (κ3) is 3.36. The first-order valence-electron chi connectivity index (χ1n) is 8.54. The molecular weight excluding hydrogens is 349 g/mol. The van der Waals surface area contributed by atoms with E-state index in [0.717, 1.165) is 5.69 Å². The number of halogens is 1. The lowest BCUT2D eigenvalue weighted by molar-refractivity contribution is 0.374. The quantitative estimate of drug-likeness (QED) is 0.526. The number of phenols is 1. The van der Waals surface area contributed by atoms with Crippen molar-refractivity contribution in [2.75, 3.05) is 7.11 Å². The van der Waals surface area contributed by atoms with Gasteiger partial charge in [0.15, 0.2) is 23.1 Å². The maximum absolute atomic E-state index is 14.7. The lowest BCUT2D eigenvalue weighted by Gasteiger charge is -2.10. The lowest BCUT2D eigenvalue weighted by Crippen LogP contribution is -1.95. The molecule has 6 nitrogen and oxygen atoms in total. The molecule has 7 heteroatoms. The summed E-state index contributed by atoms with van der Waals surface area (Å²) in [5, 5.41) is 10.8. The number of phenolic OH excluding ortho intramolecular Hbond substituents is 1. The number of methoxy groups -OCH3 is 1. The Bertz CT molecular complexity index is 1110. The molecule has 0 saturated carbocycles. The van der Waals surface area contributed by atoms with Crippen LogP contribution in [0.2, 0.25) is 0 Å². The van der Waals surface area contributed by atoms with Crippen LogP contribution in [0.4, 0.5) is 4.39 Å². The molecule has 0 amide bonds. The fraction of sp³-hybridized carbons (Fsp3) is 0.200. The van der Waals surface area contributed by atoms with Gasteiger partial charge in [0, 0.05) is 22.7 Å². The number of ether oxygens (including phenoxy) is 2. The van der Waals surface area contributed by atoms with Gasteiger partial charge in [0.25, 0.3) is 0 Å². The topological polar surface area (TPSA) is 80.3 Å². The van der Waals surface area contributed by atoms with Crippen LogP contribution in [0, 0.1) is 12.7 Å². The summed E-state index contributed by atoms with van der Waals surface area (Å²) in [5.74, 6) is -0.0360. The number of rotatable bonds is 3. The van der Waals surface area contributed by atoms with Gasteiger partial charge in [-0.2, -0.15) is 0 Å². The van der Waals surface area contributed by atoms with Gasteiger partial charge in [0.05, 0.1) is 18.0 Å². The van der Waals surface area contributed by atoms with E-state index >= 15 is 0 Å². The van der Waals surface area contributed by atoms with Crippen molar-refractivity contribution in [3.63, 3.8) is 0 Å². The van der Waals surface area contributed by atoms with Crippen molar-refractivity contribution in [1.82, 2.24) is 15.0 Å². The Labute approximate surface area is 155 Å². The minimum absolute atomic E-state index is 0.0463. The normalized spacial score (nSPS) is 10.6. The summed E-state index contributed by atoms with van der Waals surface area (Å²) in [6, 6.07) is 8.00. The Morgan fingerprint density at radius 3 is 2.56 bits per heavy atom. The molecule has 0 aliphatic rings. The van der Waals surface area contributed by atoms with Gasteiger partial charge in [0.2, 0.25) is 5.88 Å². The average molecular weight is 369 g/mol. The molecule has 0 bridgehead atoms. The maximum Gasteiger partial charge on any atom is 0.230 e. The fourth-order valence-corrected chi connectivity index (χ4v) is 2.76. The molecule has 0 radical (unpaired) electrons. The lowest BCUT2D eigenvalue weighted by atomic mass is 10.2. The zero-order valence-corrected chi connectivity index (χ0v) is 15.5. The number of hydrogen-bond acceptors (Lipinski definition) is 5. The number of aryl methyl sites for hydroxylation is 1. The van der Waals surface area contributed by atoms with Crippen molar-refractivity contribution in [1.29, 1.82) is 0 Å². The molecule has 4 aromatic rings. The predicted molar refractivity (Wildman–Crippen MR) is 102 cm³/mol. The highest BCUT2D eigenvalue weighted by Crippen LogP contribution is 2.36. The second-order valence-corrected chi connectivity index (χ2v) is 5.61. The van der Waals surface area contributed by atoms with Crippen molar-refractivity contribution in [3.05, 3.63) is 48.2 Å². The van der Waals surface area contributed by atoms with E-state index in [0.29, 0.717) is 21.8 Å². The van der Waals surface area contributed by atoms with Crippen LogP contribution in [0.15, 0.2) is 36.7 Å². The van der Waals surface area contributed by atoms with Gasteiger partial charge >= 0.3 is 0 Å². The summed E-state index contributed by atoms with van der Waals surface area (Å²) >= 11 is 0. The van der Waals surface area contributed by atoms with Crippen molar-refractivity contribution in [2.24, 2.45) is 0 Å². The highest BCUT2D eigenvalue weighted by Gasteiger charge is 2.15. The molecule has 0 saturated heterocycles. The molecule has 0 atom stereocenters. The minimum Gasteiger partial charge on any atom is -0.504 e. The Kier molecular flexibility index (Phi) is 5.12. The van der Waals surface area contributed by atoms with E-state index in [2.05, 4.69) is 15.0 Å². The molecule has 0 spiro atoms. The molecule has 0 unspecified atom stereocenters. The van der Waals surface area contributed by atoms with Crippen LogP contribution in [-0.4, -0.2) is 27.2 Å². The van der Waals surface area contributed by atoms with E-state index in [1.165, 1.54) is 19.5 Å². The van der Waals surface area contributed by atoms with E-state index in [1.807, 2.05) is 20.8 Å². The molecule has 2 N–H and O–H groups in total.